The zero-order chi connectivity index (χ0) is 20.1. The number of ether oxygens (including phenoxy) is 1. The largest absolute Gasteiger partial charge is 0.426 e. The maximum Gasteiger partial charge on any atom is 0.321 e. The standard InChI is InChI=1S/C23H24N2O3/c1-16(2)24-23(27)25(3)20-10-12-21(13-11-20)28-22(26)15-17-8-9-18-6-4-5-7-19(18)14-17/h4-14,16H,15H2,1-3H3,(H,24,27). The zero-order valence-electron chi connectivity index (χ0n) is 16.3. The smallest absolute Gasteiger partial charge is 0.321 e. The number of carbonyl (C=O) groups excluding carboxylic acids is 2. The third-order valence-electron chi connectivity index (χ3n) is 4.33. The Bertz CT molecular complexity index is 981. The fourth-order valence-electron chi connectivity index (χ4n) is 2.88. The van der Waals surface area contributed by atoms with Gasteiger partial charge in [0.15, 0.2) is 0 Å². The van der Waals surface area contributed by atoms with E-state index in [4.69, 9.17) is 4.74 Å². The molecule has 144 valence electrons. The number of nitrogens with one attached hydrogen (secondary N) is 1. The molecule has 1 N–H and O–H groups in total. The summed E-state index contributed by atoms with van der Waals surface area (Å²) in [6, 6.07) is 20.7. The van der Waals surface area contributed by atoms with Gasteiger partial charge >= 0.3 is 12.0 Å². The summed E-state index contributed by atoms with van der Waals surface area (Å²) >= 11 is 0. The summed E-state index contributed by atoms with van der Waals surface area (Å²) in [4.78, 5) is 25.8. The predicted molar refractivity (Wildman–Crippen MR) is 112 cm³/mol. The Morgan fingerprint density at radius 1 is 0.964 bits per heavy atom. The summed E-state index contributed by atoms with van der Waals surface area (Å²) in [5, 5.41) is 5.07. The number of esters is 1. The summed E-state index contributed by atoms with van der Waals surface area (Å²) in [6.07, 6.45) is 0.198. The van der Waals surface area contributed by atoms with Crippen LogP contribution in [0.3, 0.4) is 0 Å². The molecule has 3 aromatic carbocycles. The van der Waals surface area contributed by atoms with Crippen LogP contribution in [0.1, 0.15) is 19.4 Å². The molecule has 0 saturated carbocycles. The summed E-state index contributed by atoms with van der Waals surface area (Å²) < 4.78 is 5.43. The van der Waals surface area contributed by atoms with Crippen LogP contribution in [-0.2, 0) is 11.2 Å². The van der Waals surface area contributed by atoms with E-state index in [2.05, 4.69) is 5.32 Å². The van der Waals surface area contributed by atoms with Crippen LogP contribution in [0, 0.1) is 0 Å². The van der Waals surface area contributed by atoms with Crippen molar-refractivity contribution in [3.05, 3.63) is 72.3 Å². The van der Waals surface area contributed by atoms with Crippen LogP contribution in [0.25, 0.3) is 10.8 Å². The van der Waals surface area contributed by atoms with Gasteiger partial charge in [-0.25, -0.2) is 4.79 Å². The summed E-state index contributed by atoms with van der Waals surface area (Å²) in [5.41, 5.74) is 1.62. The maximum atomic E-state index is 12.3. The SMILES string of the molecule is CC(C)NC(=O)N(C)c1ccc(OC(=O)Cc2ccc3ccccc3c2)cc1. The molecule has 28 heavy (non-hydrogen) atoms. The number of anilines is 1. The van der Waals surface area contributed by atoms with E-state index < -0.39 is 0 Å². The Hall–Kier alpha value is -3.34. The molecule has 0 spiro atoms. The third-order valence-corrected chi connectivity index (χ3v) is 4.33. The van der Waals surface area contributed by atoms with E-state index in [1.807, 2.05) is 56.3 Å². The molecule has 0 heterocycles. The Labute approximate surface area is 164 Å². The molecule has 3 aromatic rings. The first-order valence-corrected chi connectivity index (χ1v) is 9.25. The second kappa shape index (κ2) is 8.57. The van der Waals surface area contributed by atoms with Gasteiger partial charge in [-0.05, 0) is 54.4 Å². The fraction of sp³-hybridized carbons (Fsp3) is 0.217. The van der Waals surface area contributed by atoms with E-state index >= 15 is 0 Å². The van der Waals surface area contributed by atoms with Gasteiger partial charge in [0, 0.05) is 18.8 Å². The van der Waals surface area contributed by atoms with E-state index in [0.717, 1.165) is 16.3 Å². The van der Waals surface area contributed by atoms with Crippen LogP contribution < -0.4 is 15.0 Å². The molecular formula is C23H24N2O3. The first-order valence-electron chi connectivity index (χ1n) is 9.25. The number of benzene rings is 3. The van der Waals surface area contributed by atoms with Crippen molar-refractivity contribution in [2.24, 2.45) is 0 Å². The van der Waals surface area contributed by atoms with Gasteiger partial charge in [-0.15, -0.1) is 0 Å². The van der Waals surface area contributed by atoms with Crippen LogP contribution in [0.5, 0.6) is 5.75 Å². The second-order valence-corrected chi connectivity index (χ2v) is 6.99. The number of hydrogen-bond donors (Lipinski definition) is 1. The molecule has 0 aliphatic heterocycles. The van der Waals surface area contributed by atoms with E-state index in [1.54, 1.807) is 31.3 Å². The van der Waals surface area contributed by atoms with Crippen LogP contribution in [0.4, 0.5) is 10.5 Å². The van der Waals surface area contributed by atoms with E-state index in [9.17, 15) is 9.59 Å². The topological polar surface area (TPSA) is 58.6 Å². The Balaban J connectivity index is 1.61. The zero-order valence-corrected chi connectivity index (χ0v) is 16.3. The van der Waals surface area contributed by atoms with Gasteiger partial charge in [0.2, 0.25) is 0 Å². The fourth-order valence-corrected chi connectivity index (χ4v) is 2.88. The lowest BCUT2D eigenvalue weighted by Gasteiger charge is -2.20. The molecule has 0 bridgehead atoms. The number of rotatable bonds is 5. The van der Waals surface area contributed by atoms with Crippen molar-refractivity contribution in [1.82, 2.24) is 5.32 Å². The van der Waals surface area contributed by atoms with Gasteiger partial charge in [-0.3, -0.25) is 9.69 Å². The lowest BCUT2D eigenvalue weighted by atomic mass is 10.1. The minimum absolute atomic E-state index is 0.0604. The van der Waals surface area contributed by atoms with E-state index in [0.29, 0.717) is 11.4 Å². The lowest BCUT2D eigenvalue weighted by Crippen LogP contribution is -2.40. The lowest BCUT2D eigenvalue weighted by molar-refractivity contribution is -0.133. The molecule has 3 rings (SSSR count). The minimum Gasteiger partial charge on any atom is -0.426 e. The predicted octanol–water partition coefficient (Wildman–Crippen LogP) is 4.54. The highest BCUT2D eigenvalue weighted by molar-refractivity contribution is 5.91. The van der Waals surface area contributed by atoms with E-state index in [1.165, 1.54) is 4.90 Å². The third kappa shape index (κ3) is 4.88. The van der Waals surface area contributed by atoms with Crippen molar-refractivity contribution in [2.75, 3.05) is 11.9 Å². The van der Waals surface area contributed by atoms with Gasteiger partial charge in [0.25, 0.3) is 0 Å². The van der Waals surface area contributed by atoms with Gasteiger partial charge in [-0.2, -0.15) is 0 Å². The number of amides is 2. The molecule has 5 nitrogen and oxygen atoms in total. The number of urea groups is 1. The summed E-state index contributed by atoms with van der Waals surface area (Å²) in [5.74, 6) is 0.126. The van der Waals surface area contributed by atoms with Crippen molar-refractivity contribution in [1.29, 1.82) is 0 Å². The van der Waals surface area contributed by atoms with Crippen molar-refractivity contribution in [3.8, 4) is 5.75 Å². The van der Waals surface area contributed by atoms with Gasteiger partial charge in [0.1, 0.15) is 5.75 Å². The van der Waals surface area contributed by atoms with Crippen LogP contribution in [0.15, 0.2) is 66.7 Å². The van der Waals surface area contributed by atoms with Crippen molar-refractivity contribution < 1.29 is 14.3 Å². The first-order chi connectivity index (χ1) is 13.4. The molecule has 0 fully saturated rings. The van der Waals surface area contributed by atoms with Crippen molar-refractivity contribution in [2.45, 2.75) is 26.3 Å². The molecule has 2 amide bonds. The minimum atomic E-state index is -0.325. The van der Waals surface area contributed by atoms with Gasteiger partial charge in [-0.1, -0.05) is 42.5 Å². The number of nitrogens with zero attached hydrogens (tertiary/aromatic N) is 1. The van der Waals surface area contributed by atoms with Crippen molar-refractivity contribution in [3.63, 3.8) is 0 Å². The normalized spacial score (nSPS) is 10.7. The molecule has 0 aromatic heterocycles. The number of hydrogen-bond acceptors (Lipinski definition) is 3. The second-order valence-electron chi connectivity index (χ2n) is 6.99. The molecule has 5 heteroatoms. The maximum absolute atomic E-state index is 12.3. The van der Waals surface area contributed by atoms with E-state index in [-0.39, 0.29) is 24.5 Å². The Kier molecular flexibility index (Phi) is 5.94. The highest BCUT2D eigenvalue weighted by atomic mass is 16.5. The van der Waals surface area contributed by atoms with Crippen LogP contribution in [-0.4, -0.2) is 25.1 Å². The summed E-state index contributed by atoms with van der Waals surface area (Å²) in [6.45, 7) is 3.81. The highest BCUT2D eigenvalue weighted by Gasteiger charge is 2.12. The Morgan fingerprint density at radius 2 is 1.64 bits per heavy atom. The molecule has 0 unspecified atom stereocenters. The molecule has 0 atom stereocenters. The van der Waals surface area contributed by atoms with Gasteiger partial charge in [0.05, 0.1) is 6.42 Å². The number of carbonyl (C=O) groups is 2. The molecule has 0 saturated heterocycles. The Morgan fingerprint density at radius 3 is 2.32 bits per heavy atom. The van der Waals surface area contributed by atoms with Crippen LogP contribution in [0.2, 0.25) is 0 Å². The molecular weight excluding hydrogens is 352 g/mol. The average Bonchev–Trinajstić information content (AvgIpc) is 2.67. The highest BCUT2D eigenvalue weighted by Crippen LogP contribution is 2.20. The number of fused-ring (bicyclic) bond motifs is 1. The average molecular weight is 376 g/mol. The summed E-state index contributed by atoms with van der Waals surface area (Å²) in [7, 11) is 1.69. The molecule has 0 aliphatic carbocycles. The van der Waals surface area contributed by atoms with Crippen molar-refractivity contribution >= 4 is 28.5 Å². The quantitative estimate of drug-likeness (QED) is 0.525. The monoisotopic (exact) mass is 376 g/mol. The van der Waals surface area contributed by atoms with Crippen LogP contribution >= 0.6 is 0 Å². The van der Waals surface area contributed by atoms with Gasteiger partial charge < -0.3 is 10.1 Å². The molecule has 0 aliphatic rings. The first kappa shape index (κ1) is 19.4. The molecule has 0 radical (unpaired) electrons.